The average molecular weight is 544 g/mol. The zero-order valence-electron chi connectivity index (χ0n) is 18.4. The molecule has 4 aromatic rings. The summed E-state index contributed by atoms with van der Waals surface area (Å²) in [6.07, 6.45) is 8.40. The lowest BCUT2D eigenvalue weighted by Crippen LogP contribution is -1.93. The summed E-state index contributed by atoms with van der Waals surface area (Å²) in [6.45, 7) is 2.66. The van der Waals surface area contributed by atoms with Crippen molar-refractivity contribution >= 4 is 47.3 Å². The van der Waals surface area contributed by atoms with Gasteiger partial charge in [-0.3, -0.25) is 0 Å². The molecule has 0 aliphatic heterocycles. The van der Waals surface area contributed by atoms with Crippen molar-refractivity contribution in [1.29, 1.82) is 0 Å². The molecule has 0 radical (unpaired) electrons. The van der Waals surface area contributed by atoms with Gasteiger partial charge in [0.25, 0.3) is 0 Å². The highest BCUT2D eigenvalue weighted by molar-refractivity contribution is 14.1. The monoisotopic (exact) mass is 544 g/mol. The highest BCUT2D eigenvalue weighted by Gasteiger charge is 2.01. The second kappa shape index (κ2) is 11.5. The number of ether oxygens (including phenoxy) is 1. The van der Waals surface area contributed by atoms with Crippen LogP contribution in [0.15, 0.2) is 97.1 Å². The van der Waals surface area contributed by atoms with Crippen molar-refractivity contribution < 1.29 is 7.80 Å². The van der Waals surface area contributed by atoms with E-state index in [0.29, 0.717) is 6.61 Å². The lowest BCUT2D eigenvalue weighted by atomic mass is 10.0. The van der Waals surface area contributed by atoms with E-state index in [9.17, 15) is 0 Å². The van der Waals surface area contributed by atoms with Crippen LogP contribution in [-0.4, -0.2) is 6.61 Å². The fourth-order valence-corrected chi connectivity index (χ4v) is 3.94. The summed E-state index contributed by atoms with van der Waals surface area (Å²) in [6, 6.07) is 33.3. The van der Waals surface area contributed by atoms with Crippen molar-refractivity contribution in [3.8, 4) is 22.6 Å². The Labute approximate surface area is 209 Å². The second-order valence-corrected chi connectivity index (χ2v) is 7.94. The maximum absolute atomic E-state index is 5.70. The van der Waals surface area contributed by atoms with Gasteiger partial charge in [0.05, 0.1) is 6.61 Å². The van der Waals surface area contributed by atoms with Gasteiger partial charge >= 0.3 is 0 Å². The van der Waals surface area contributed by atoms with Gasteiger partial charge in [-0.05, 0) is 41.3 Å². The van der Waals surface area contributed by atoms with Crippen molar-refractivity contribution in [3.05, 3.63) is 119 Å². The first-order chi connectivity index (χ1) is 16.3. The highest BCUT2D eigenvalue weighted by Crippen LogP contribution is 2.25. The molecular weight excluding hydrogens is 519 g/mol. The molecule has 0 aliphatic rings. The van der Waals surface area contributed by atoms with Gasteiger partial charge in [0, 0.05) is 11.1 Å². The van der Waals surface area contributed by atoms with Gasteiger partial charge in [0.1, 0.15) is 11.5 Å². The van der Waals surface area contributed by atoms with Gasteiger partial charge in [-0.2, -0.15) is 0 Å². The molecule has 0 aliphatic carbocycles. The molecule has 2 nitrogen and oxygen atoms in total. The van der Waals surface area contributed by atoms with Crippen LogP contribution in [-0.2, 0) is 0 Å². The molecule has 164 valence electrons. The molecule has 0 N–H and O–H groups in total. The number of benzene rings is 4. The predicted octanol–water partition coefficient (Wildman–Crippen LogP) is 8.82. The van der Waals surface area contributed by atoms with Crippen LogP contribution in [0.3, 0.4) is 0 Å². The van der Waals surface area contributed by atoms with Crippen molar-refractivity contribution in [1.82, 2.24) is 0 Å². The van der Waals surface area contributed by atoms with Gasteiger partial charge < -0.3 is 7.80 Å². The maximum atomic E-state index is 5.70. The standard InChI is InChI=1S/C30H25IO2/c1-2-32-29-9-5-3-7-27(29)21-15-23-11-17-25(18-12-23)26-19-13-24(14-20-26)16-22-28-8-4-6-10-30(28)33-31/h3-22H,2H2,1H3/b21-15+,22-16+. The van der Waals surface area contributed by atoms with E-state index in [4.69, 9.17) is 7.80 Å². The Hall–Kier alpha value is -3.31. The minimum Gasteiger partial charge on any atom is -0.493 e. The number of hydrogen-bond acceptors (Lipinski definition) is 2. The average Bonchev–Trinajstić information content (AvgIpc) is 2.88. The van der Waals surface area contributed by atoms with Gasteiger partial charge in [0.15, 0.2) is 23.0 Å². The zero-order chi connectivity index (χ0) is 22.9. The molecule has 3 heteroatoms. The molecule has 0 saturated heterocycles. The van der Waals surface area contributed by atoms with Crippen LogP contribution >= 0.6 is 23.0 Å². The smallest absolute Gasteiger partial charge is 0.192 e. The van der Waals surface area contributed by atoms with E-state index in [-0.39, 0.29) is 0 Å². The van der Waals surface area contributed by atoms with Crippen molar-refractivity contribution in [2.75, 3.05) is 6.61 Å². The van der Waals surface area contributed by atoms with Crippen LogP contribution in [0, 0.1) is 0 Å². The highest BCUT2D eigenvalue weighted by atomic mass is 127. The van der Waals surface area contributed by atoms with E-state index in [0.717, 1.165) is 33.8 Å². The summed E-state index contributed by atoms with van der Waals surface area (Å²) >= 11 is 1.92. The molecule has 0 aromatic heterocycles. The van der Waals surface area contributed by atoms with Crippen LogP contribution in [0.4, 0.5) is 0 Å². The van der Waals surface area contributed by atoms with Crippen LogP contribution in [0.5, 0.6) is 11.5 Å². The molecule has 0 amide bonds. The summed E-state index contributed by atoms with van der Waals surface area (Å²) in [5.41, 5.74) is 6.83. The van der Waals surface area contributed by atoms with Gasteiger partial charge in [-0.25, -0.2) is 0 Å². The lowest BCUT2D eigenvalue weighted by Gasteiger charge is -2.06. The minimum atomic E-state index is 0.661. The number of rotatable bonds is 8. The second-order valence-electron chi connectivity index (χ2n) is 7.50. The predicted molar refractivity (Wildman–Crippen MR) is 148 cm³/mol. The Morgan fingerprint density at radius 1 is 0.576 bits per heavy atom. The van der Waals surface area contributed by atoms with Crippen LogP contribution in [0.2, 0.25) is 0 Å². The van der Waals surface area contributed by atoms with Crippen molar-refractivity contribution in [3.63, 3.8) is 0 Å². The Bertz CT molecular complexity index is 1240. The molecule has 4 aromatic carbocycles. The molecule has 0 bridgehead atoms. The summed E-state index contributed by atoms with van der Waals surface area (Å²) in [4.78, 5) is 0. The molecule has 33 heavy (non-hydrogen) atoms. The first-order valence-electron chi connectivity index (χ1n) is 10.9. The molecule has 0 saturated carbocycles. The van der Waals surface area contributed by atoms with E-state index in [1.807, 2.05) is 72.4 Å². The fourth-order valence-electron chi connectivity index (χ4n) is 3.54. The summed E-state index contributed by atoms with van der Waals surface area (Å²) < 4.78 is 11.1. The van der Waals surface area contributed by atoms with E-state index < -0.39 is 0 Å². The number of hydrogen-bond donors (Lipinski definition) is 0. The SMILES string of the molecule is CCOc1ccccc1/C=C/c1ccc(-c2ccc(/C=C/c3ccccc3OI)cc2)cc1. The number of para-hydroxylation sites is 2. The molecular formula is C30H25IO2. The van der Waals surface area contributed by atoms with Crippen LogP contribution < -0.4 is 7.80 Å². The summed E-state index contributed by atoms with van der Waals surface area (Å²) in [7, 11) is 0. The van der Waals surface area contributed by atoms with E-state index >= 15 is 0 Å². The topological polar surface area (TPSA) is 18.5 Å². The maximum Gasteiger partial charge on any atom is 0.192 e. The van der Waals surface area contributed by atoms with Crippen LogP contribution in [0.1, 0.15) is 29.2 Å². The largest absolute Gasteiger partial charge is 0.493 e. The van der Waals surface area contributed by atoms with Gasteiger partial charge in [-0.1, -0.05) is 109 Å². The van der Waals surface area contributed by atoms with Gasteiger partial charge in [-0.15, -0.1) is 0 Å². The Morgan fingerprint density at radius 2 is 1.03 bits per heavy atom. The quantitative estimate of drug-likeness (QED) is 0.163. The van der Waals surface area contributed by atoms with Gasteiger partial charge in [0.2, 0.25) is 0 Å². The Morgan fingerprint density at radius 3 is 1.52 bits per heavy atom. The molecule has 0 fully saturated rings. The third-order valence-electron chi connectivity index (χ3n) is 5.29. The normalized spacial score (nSPS) is 11.2. The Balaban J connectivity index is 1.44. The summed E-state index contributed by atoms with van der Waals surface area (Å²) in [5.74, 6) is 1.77. The van der Waals surface area contributed by atoms with Crippen molar-refractivity contribution in [2.45, 2.75) is 6.92 Å². The van der Waals surface area contributed by atoms with E-state index in [1.165, 1.54) is 11.1 Å². The van der Waals surface area contributed by atoms with E-state index in [1.54, 1.807) is 0 Å². The fraction of sp³-hybridized carbons (Fsp3) is 0.0667. The molecule has 0 heterocycles. The lowest BCUT2D eigenvalue weighted by molar-refractivity contribution is 0.339. The first kappa shape index (κ1) is 22.9. The molecule has 4 rings (SSSR count). The minimum absolute atomic E-state index is 0.661. The molecule has 0 atom stereocenters. The van der Waals surface area contributed by atoms with Crippen LogP contribution in [0.25, 0.3) is 35.4 Å². The third kappa shape index (κ3) is 6.14. The molecule has 0 unspecified atom stereocenters. The summed E-state index contributed by atoms with van der Waals surface area (Å²) in [5, 5.41) is 0. The third-order valence-corrected chi connectivity index (χ3v) is 5.76. The molecule has 0 spiro atoms. The zero-order valence-corrected chi connectivity index (χ0v) is 20.6. The van der Waals surface area contributed by atoms with E-state index in [2.05, 4.69) is 78.9 Å². The first-order valence-corrected chi connectivity index (χ1v) is 11.8. The van der Waals surface area contributed by atoms with Crippen molar-refractivity contribution in [2.24, 2.45) is 0 Å². The number of halogens is 1. The Kier molecular flexibility index (Phi) is 7.99.